The maximum atomic E-state index is 8.58. The Balaban J connectivity index is 0.000000677. The number of carbonyl (C=O) groups is 1. The highest BCUT2D eigenvalue weighted by molar-refractivity contribution is 8.16. The van der Waals surface area contributed by atoms with Crippen LogP contribution in [0.3, 0.4) is 0 Å². The van der Waals surface area contributed by atoms with E-state index < -0.39 is 0 Å². The van der Waals surface area contributed by atoms with Crippen molar-refractivity contribution in [1.29, 1.82) is 5.41 Å². The van der Waals surface area contributed by atoms with E-state index in [2.05, 4.69) is 27.0 Å². The number of pyridine rings is 1. The van der Waals surface area contributed by atoms with Gasteiger partial charge in [0.25, 0.3) is 0 Å². The molecule has 21 heavy (non-hydrogen) atoms. The Morgan fingerprint density at radius 3 is 2.81 bits per heavy atom. The molecule has 6 nitrogen and oxygen atoms in total. The molecule has 2 heterocycles. The summed E-state index contributed by atoms with van der Waals surface area (Å²) in [6.45, 7) is 5.90. The number of carbonyl (C=O) groups excluding carboxylic acids is 1. The second kappa shape index (κ2) is 9.95. The highest BCUT2D eigenvalue weighted by Crippen LogP contribution is 2.22. The number of rotatable bonds is 3. The van der Waals surface area contributed by atoms with Crippen LogP contribution in [-0.2, 0) is 4.79 Å². The molecule has 0 atom stereocenters. The molecule has 0 unspecified atom stereocenters. The quantitative estimate of drug-likeness (QED) is 0.444. The van der Waals surface area contributed by atoms with E-state index in [1.807, 2.05) is 23.9 Å². The molecule has 1 aromatic heterocycles. The molecule has 0 bridgehead atoms. The Morgan fingerprint density at radius 2 is 2.19 bits per heavy atom. The predicted molar refractivity (Wildman–Crippen MR) is 89.6 cm³/mol. The Morgan fingerprint density at radius 1 is 1.52 bits per heavy atom. The molecule has 114 valence electrons. The maximum Gasteiger partial charge on any atom is 0.204 e. The molecule has 0 spiro atoms. The summed E-state index contributed by atoms with van der Waals surface area (Å²) < 4.78 is 0. The normalized spacial score (nSPS) is 14.4. The van der Waals surface area contributed by atoms with Crippen LogP contribution < -0.4 is 16.0 Å². The number of nitrogens with zero attached hydrogens (tertiary/aromatic N) is 2. The van der Waals surface area contributed by atoms with Gasteiger partial charge in [-0.15, -0.1) is 0 Å². The first-order valence-corrected chi connectivity index (χ1v) is 7.50. The molecule has 1 fully saturated rings. The first-order valence-electron chi connectivity index (χ1n) is 6.62. The summed E-state index contributed by atoms with van der Waals surface area (Å²) in [4.78, 5) is 15.1. The third-order valence-electron chi connectivity index (χ3n) is 2.78. The lowest BCUT2D eigenvalue weighted by Gasteiger charge is -2.30. The van der Waals surface area contributed by atoms with Gasteiger partial charge in [-0.2, -0.15) is 0 Å². The Kier molecular flexibility index (Phi) is 8.15. The minimum atomic E-state index is 0.250. The zero-order valence-electron chi connectivity index (χ0n) is 12.1. The lowest BCUT2D eigenvalue weighted by atomic mass is 10.2. The summed E-state index contributed by atoms with van der Waals surface area (Å²) in [5, 5.41) is 13.3. The summed E-state index contributed by atoms with van der Waals surface area (Å²) in [5.74, 6) is 0. The van der Waals surface area contributed by atoms with E-state index in [0.29, 0.717) is 5.04 Å². The number of primary amides is 1. The molecular formula is C14H21N5OS. The van der Waals surface area contributed by atoms with Gasteiger partial charge in [0.2, 0.25) is 6.41 Å². The average molecular weight is 307 g/mol. The SMILES string of the molecule is CC(=N)S/C=C/c1cnccc1N1CCNCC1.NC=O. The standard InChI is InChI=1S/C13H18N4S.CH3NO/c1-11(14)18-9-3-12-10-16-4-2-13(12)17-7-5-15-6-8-17;2-1-3/h2-4,9-10,14-15H,5-8H2,1H3;1H,(H2,2,3)/b9-3+,14-11?;. The lowest BCUT2D eigenvalue weighted by molar-refractivity contribution is -0.106. The fourth-order valence-electron chi connectivity index (χ4n) is 1.93. The number of nitrogens with one attached hydrogen (secondary N) is 2. The van der Waals surface area contributed by atoms with Crippen molar-refractivity contribution in [2.75, 3.05) is 31.1 Å². The van der Waals surface area contributed by atoms with E-state index >= 15 is 0 Å². The van der Waals surface area contributed by atoms with Gasteiger partial charge in [0.15, 0.2) is 0 Å². The van der Waals surface area contributed by atoms with Gasteiger partial charge in [-0.05, 0) is 24.5 Å². The van der Waals surface area contributed by atoms with Gasteiger partial charge in [-0.25, -0.2) is 0 Å². The summed E-state index contributed by atoms with van der Waals surface area (Å²) in [5.41, 5.74) is 6.51. The van der Waals surface area contributed by atoms with E-state index in [1.54, 1.807) is 6.92 Å². The Hall–Kier alpha value is -1.86. The zero-order valence-corrected chi connectivity index (χ0v) is 12.9. The molecule has 0 saturated carbocycles. The fraction of sp³-hybridized carbons (Fsp3) is 0.357. The number of aromatic nitrogens is 1. The monoisotopic (exact) mass is 307 g/mol. The van der Waals surface area contributed by atoms with E-state index in [9.17, 15) is 0 Å². The molecule has 0 aliphatic carbocycles. The first kappa shape index (κ1) is 17.2. The van der Waals surface area contributed by atoms with Gasteiger partial charge in [-0.1, -0.05) is 11.8 Å². The molecule has 1 aliphatic heterocycles. The van der Waals surface area contributed by atoms with Gasteiger partial charge in [0.1, 0.15) is 0 Å². The summed E-state index contributed by atoms with van der Waals surface area (Å²) in [6.07, 6.45) is 6.00. The highest BCUT2D eigenvalue weighted by atomic mass is 32.2. The van der Waals surface area contributed by atoms with Crippen LogP contribution in [0.5, 0.6) is 0 Å². The van der Waals surface area contributed by atoms with Crippen LogP contribution in [0.2, 0.25) is 0 Å². The molecule has 7 heteroatoms. The zero-order chi connectivity index (χ0) is 15.5. The van der Waals surface area contributed by atoms with E-state index in [4.69, 9.17) is 10.2 Å². The molecular weight excluding hydrogens is 286 g/mol. The molecule has 0 aromatic carbocycles. The number of nitrogens with two attached hydrogens (primary N) is 1. The number of piperazine rings is 1. The van der Waals surface area contributed by atoms with Crippen molar-refractivity contribution in [2.45, 2.75) is 6.92 Å². The summed E-state index contributed by atoms with van der Waals surface area (Å²) in [7, 11) is 0. The largest absolute Gasteiger partial charge is 0.372 e. The van der Waals surface area contributed by atoms with Gasteiger partial charge in [-0.3, -0.25) is 15.2 Å². The second-order valence-corrected chi connectivity index (χ2v) is 5.40. The molecule has 1 saturated heterocycles. The van der Waals surface area contributed by atoms with Gasteiger partial charge in [0.05, 0.1) is 5.04 Å². The van der Waals surface area contributed by atoms with Crippen LogP contribution in [0.1, 0.15) is 12.5 Å². The van der Waals surface area contributed by atoms with Gasteiger partial charge >= 0.3 is 0 Å². The second-order valence-electron chi connectivity index (χ2n) is 4.28. The van der Waals surface area contributed by atoms with E-state index in [0.717, 1.165) is 31.7 Å². The number of hydrogen-bond donors (Lipinski definition) is 3. The van der Waals surface area contributed by atoms with Crippen molar-refractivity contribution in [3.05, 3.63) is 29.4 Å². The molecule has 0 radical (unpaired) electrons. The molecule has 2 rings (SSSR count). The Labute approximate surface area is 129 Å². The third-order valence-corrected chi connectivity index (χ3v) is 3.40. The fourth-order valence-corrected chi connectivity index (χ4v) is 2.35. The number of amides is 1. The van der Waals surface area contributed by atoms with Crippen molar-refractivity contribution in [3.8, 4) is 0 Å². The topological polar surface area (TPSA) is 95.1 Å². The Bertz CT molecular complexity index is 486. The van der Waals surface area contributed by atoms with Crippen molar-refractivity contribution in [2.24, 2.45) is 5.73 Å². The van der Waals surface area contributed by atoms with Crippen LogP contribution >= 0.6 is 11.8 Å². The number of anilines is 1. The minimum absolute atomic E-state index is 0.250. The smallest absolute Gasteiger partial charge is 0.204 e. The van der Waals surface area contributed by atoms with Gasteiger partial charge < -0.3 is 16.0 Å². The van der Waals surface area contributed by atoms with Crippen LogP contribution in [0, 0.1) is 5.41 Å². The average Bonchev–Trinajstić information content (AvgIpc) is 2.49. The summed E-state index contributed by atoms with van der Waals surface area (Å²) in [6, 6.07) is 2.06. The van der Waals surface area contributed by atoms with Crippen molar-refractivity contribution in [3.63, 3.8) is 0 Å². The number of thioether (sulfide) groups is 1. The van der Waals surface area contributed by atoms with Crippen LogP contribution in [-0.4, -0.2) is 42.6 Å². The molecule has 1 aliphatic rings. The predicted octanol–water partition coefficient (Wildman–Crippen LogP) is 1.29. The van der Waals surface area contributed by atoms with Gasteiger partial charge in [0, 0.05) is 49.8 Å². The van der Waals surface area contributed by atoms with Crippen molar-refractivity contribution in [1.82, 2.24) is 10.3 Å². The van der Waals surface area contributed by atoms with Crippen molar-refractivity contribution >= 4 is 35.0 Å². The van der Waals surface area contributed by atoms with Crippen LogP contribution in [0.15, 0.2) is 23.9 Å². The molecule has 4 N–H and O–H groups in total. The summed E-state index contributed by atoms with van der Waals surface area (Å²) >= 11 is 1.43. The molecule has 1 amide bonds. The third kappa shape index (κ3) is 6.42. The lowest BCUT2D eigenvalue weighted by Crippen LogP contribution is -2.43. The highest BCUT2D eigenvalue weighted by Gasteiger charge is 2.12. The number of hydrogen-bond acceptors (Lipinski definition) is 6. The first-order chi connectivity index (χ1) is 10.2. The molecule has 1 aromatic rings. The minimum Gasteiger partial charge on any atom is -0.372 e. The van der Waals surface area contributed by atoms with Crippen LogP contribution in [0.25, 0.3) is 6.08 Å². The van der Waals surface area contributed by atoms with E-state index in [1.165, 1.54) is 17.4 Å². The van der Waals surface area contributed by atoms with Crippen LogP contribution in [0.4, 0.5) is 5.69 Å². The van der Waals surface area contributed by atoms with Crippen molar-refractivity contribution < 1.29 is 4.79 Å². The maximum absolute atomic E-state index is 8.58. The van der Waals surface area contributed by atoms with E-state index in [-0.39, 0.29) is 6.41 Å².